The summed E-state index contributed by atoms with van der Waals surface area (Å²) in [5.74, 6) is -1.20. The molecule has 1 N–H and O–H groups in total. The van der Waals surface area contributed by atoms with Crippen molar-refractivity contribution in [2.45, 2.75) is 12.8 Å². The molecule has 0 aromatic heterocycles. The first kappa shape index (κ1) is 11.8. The zero-order valence-electron chi connectivity index (χ0n) is 9.21. The van der Waals surface area contributed by atoms with E-state index in [1.165, 1.54) is 0 Å². The Morgan fingerprint density at radius 1 is 1.29 bits per heavy atom. The molecule has 0 spiro atoms. The first-order chi connectivity index (χ1) is 8.15. The van der Waals surface area contributed by atoms with Crippen LogP contribution in [0.4, 0.5) is 8.78 Å². The number of hydrogen-bond donors (Lipinski definition) is 1. The molecule has 1 aliphatic rings. The van der Waals surface area contributed by atoms with Crippen LogP contribution in [-0.4, -0.2) is 19.1 Å². The van der Waals surface area contributed by atoms with Gasteiger partial charge in [0.25, 0.3) is 0 Å². The van der Waals surface area contributed by atoms with Gasteiger partial charge in [-0.1, -0.05) is 0 Å². The van der Waals surface area contributed by atoms with Crippen molar-refractivity contribution in [1.29, 1.82) is 0 Å². The Kier molecular flexibility index (Phi) is 3.56. The lowest BCUT2D eigenvalue weighted by Gasteiger charge is -2.09. The van der Waals surface area contributed by atoms with E-state index in [4.69, 9.17) is 4.74 Å². The molecule has 3 nitrogen and oxygen atoms in total. The number of benzene rings is 1. The van der Waals surface area contributed by atoms with Crippen molar-refractivity contribution in [3.8, 4) is 5.75 Å². The Balaban J connectivity index is 1.83. The molecular formula is C12H13F2NO2. The zero-order chi connectivity index (χ0) is 12.3. The Morgan fingerprint density at radius 3 is 2.59 bits per heavy atom. The van der Waals surface area contributed by atoms with Crippen molar-refractivity contribution in [3.05, 3.63) is 29.8 Å². The third kappa shape index (κ3) is 3.15. The van der Waals surface area contributed by atoms with Crippen LogP contribution < -0.4 is 10.1 Å². The van der Waals surface area contributed by atoms with Crippen LogP contribution in [0.15, 0.2) is 18.2 Å². The quantitative estimate of drug-likeness (QED) is 0.873. The molecule has 5 heteroatoms. The van der Waals surface area contributed by atoms with Gasteiger partial charge < -0.3 is 10.1 Å². The number of amides is 1. The molecular weight excluding hydrogens is 228 g/mol. The molecule has 0 unspecified atom stereocenters. The van der Waals surface area contributed by atoms with Crippen molar-refractivity contribution in [3.63, 3.8) is 0 Å². The van der Waals surface area contributed by atoms with Crippen molar-refractivity contribution in [2.24, 2.45) is 5.92 Å². The minimum atomic E-state index is -0.668. The van der Waals surface area contributed by atoms with E-state index >= 15 is 0 Å². The number of nitrogens with one attached hydrogen (secondary N) is 1. The summed E-state index contributed by atoms with van der Waals surface area (Å²) in [5.41, 5.74) is 0. The van der Waals surface area contributed by atoms with Crippen molar-refractivity contribution < 1.29 is 18.3 Å². The highest BCUT2D eigenvalue weighted by atomic mass is 19.1. The van der Waals surface area contributed by atoms with Gasteiger partial charge in [-0.05, 0) is 12.8 Å². The van der Waals surface area contributed by atoms with E-state index in [-0.39, 0.29) is 24.2 Å². The van der Waals surface area contributed by atoms with E-state index in [9.17, 15) is 13.6 Å². The van der Waals surface area contributed by atoms with Crippen LogP contribution in [-0.2, 0) is 4.79 Å². The highest BCUT2D eigenvalue weighted by Crippen LogP contribution is 2.18. The van der Waals surface area contributed by atoms with Gasteiger partial charge in [-0.2, -0.15) is 0 Å². The maximum absolute atomic E-state index is 12.8. The molecule has 1 atom stereocenters. The molecule has 0 radical (unpaired) electrons. The highest BCUT2D eigenvalue weighted by molar-refractivity contribution is 5.80. The minimum absolute atomic E-state index is 0.0269. The average molecular weight is 241 g/mol. The third-order valence-electron chi connectivity index (χ3n) is 2.73. The van der Waals surface area contributed by atoms with Crippen LogP contribution in [0.5, 0.6) is 5.75 Å². The summed E-state index contributed by atoms with van der Waals surface area (Å²) in [4.78, 5) is 11.2. The minimum Gasteiger partial charge on any atom is -0.493 e. The summed E-state index contributed by atoms with van der Waals surface area (Å²) in [6.07, 6.45) is 1.35. The summed E-state index contributed by atoms with van der Waals surface area (Å²) < 4.78 is 30.9. The van der Waals surface area contributed by atoms with Crippen LogP contribution in [0, 0.1) is 17.6 Å². The normalized spacial score (nSPS) is 19.2. The fourth-order valence-corrected chi connectivity index (χ4v) is 1.85. The topological polar surface area (TPSA) is 38.3 Å². The van der Waals surface area contributed by atoms with Gasteiger partial charge in [-0.3, -0.25) is 4.79 Å². The number of carbonyl (C=O) groups is 1. The lowest BCUT2D eigenvalue weighted by Crippen LogP contribution is -2.20. The average Bonchev–Trinajstić information content (AvgIpc) is 2.63. The van der Waals surface area contributed by atoms with Gasteiger partial charge >= 0.3 is 0 Å². The van der Waals surface area contributed by atoms with Crippen LogP contribution in [0.1, 0.15) is 12.8 Å². The Morgan fingerprint density at radius 2 is 2.00 bits per heavy atom. The third-order valence-corrected chi connectivity index (χ3v) is 2.73. The molecule has 0 saturated carbocycles. The fourth-order valence-electron chi connectivity index (χ4n) is 1.85. The van der Waals surface area contributed by atoms with Gasteiger partial charge in [-0.15, -0.1) is 0 Å². The summed E-state index contributed by atoms with van der Waals surface area (Å²) in [6.45, 7) is 0.971. The van der Waals surface area contributed by atoms with Gasteiger partial charge in [0.2, 0.25) is 5.91 Å². The monoisotopic (exact) mass is 241 g/mol. The second kappa shape index (κ2) is 5.12. The molecule has 1 saturated heterocycles. The number of ether oxygens (including phenoxy) is 1. The largest absolute Gasteiger partial charge is 0.493 e. The summed E-state index contributed by atoms with van der Waals surface area (Å²) >= 11 is 0. The van der Waals surface area contributed by atoms with Crippen molar-refractivity contribution in [2.75, 3.05) is 13.2 Å². The van der Waals surface area contributed by atoms with E-state index in [0.29, 0.717) is 13.0 Å². The fraction of sp³-hybridized carbons (Fsp3) is 0.417. The standard InChI is InChI=1S/C12H13F2NO2/c13-9-5-10(14)7-11(6-9)17-4-2-8-1-3-15-12(8)16/h5-8H,1-4H2,(H,15,16)/t8-/m1/s1. The molecule has 1 fully saturated rings. The van der Waals surface area contributed by atoms with Crippen molar-refractivity contribution in [1.82, 2.24) is 5.32 Å². The Bertz CT molecular complexity index is 403. The van der Waals surface area contributed by atoms with E-state index < -0.39 is 11.6 Å². The Hall–Kier alpha value is -1.65. The first-order valence-corrected chi connectivity index (χ1v) is 5.52. The summed E-state index contributed by atoms with van der Waals surface area (Å²) in [6, 6.07) is 3.03. The number of halogens is 2. The maximum atomic E-state index is 12.8. The molecule has 2 rings (SSSR count). The second-order valence-electron chi connectivity index (χ2n) is 4.02. The molecule has 17 heavy (non-hydrogen) atoms. The van der Waals surface area contributed by atoms with Gasteiger partial charge in [0.05, 0.1) is 6.61 Å². The van der Waals surface area contributed by atoms with Gasteiger partial charge in [0, 0.05) is 30.7 Å². The lowest BCUT2D eigenvalue weighted by atomic mass is 10.1. The molecule has 0 aliphatic carbocycles. The second-order valence-corrected chi connectivity index (χ2v) is 4.02. The van der Waals surface area contributed by atoms with Crippen molar-refractivity contribution >= 4 is 5.91 Å². The zero-order valence-corrected chi connectivity index (χ0v) is 9.21. The van der Waals surface area contributed by atoms with E-state index in [1.807, 2.05) is 0 Å². The van der Waals surface area contributed by atoms with Crippen LogP contribution >= 0.6 is 0 Å². The maximum Gasteiger partial charge on any atom is 0.223 e. The molecule has 1 aromatic rings. The van der Waals surface area contributed by atoms with E-state index in [2.05, 4.69) is 5.32 Å². The molecule has 0 bridgehead atoms. The first-order valence-electron chi connectivity index (χ1n) is 5.52. The Labute approximate surface area is 97.8 Å². The molecule has 1 amide bonds. The number of carbonyl (C=O) groups excluding carboxylic acids is 1. The van der Waals surface area contributed by atoms with Crippen LogP contribution in [0.3, 0.4) is 0 Å². The highest BCUT2D eigenvalue weighted by Gasteiger charge is 2.23. The molecule has 92 valence electrons. The predicted molar refractivity (Wildman–Crippen MR) is 57.6 cm³/mol. The number of rotatable bonds is 4. The van der Waals surface area contributed by atoms with Gasteiger partial charge in [0.1, 0.15) is 17.4 Å². The van der Waals surface area contributed by atoms with E-state index in [1.54, 1.807) is 0 Å². The SMILES string of the molecule is O=C1NCC[C@@H]1CCOc1cc(F)cc(F)c1. The van der Waals surface area contributed by atoms with Crippen LogP contribution in [0.2, 0.25) is 0 Å². The summed E-state index contributed by atoms with van der Waals surface area (Å²) in [5, 5.41) is 2.72. The number of hydrogen-bond acceptors (Lipinski definition) is 2. The molecule has 1 aromatic carbocycles. The lowest BCUT2D eigenvalue weighted by molar-refractivity contribution is -0.122. The smallest absolute Gasteiger partial charge is 0.223 e. The van der Waals surface area contributed by atoms with Gasteiger partial charge in [0.15, 0.2) is 0 Å². The molecule has 1 aliphatic heterocycles. The predicted octanol–water partition coefficient (Wildman–Crippen LogP) is 1.87. The summed E-state index contributed by atoms with van der Waals surface area (Å²) in [7, 11) is 0. The molecule has 1 heterocycles. The van der Waals surface area contributed by atoms with Crippen LogP contribution in [0.25, 0.3) is 0 Å². The van der Waals surface area contributed by atoms with E-state index in [0.717, 1.165) is 24.6 Å². The van der Waals surface area contributed by atoms with Gasteiger partial charge in [-0.25, -0.2) is 8.78 Å².